The fourth-order valence-corrected chi connectivity index (χ4v) is 2.22. The number of ether oxygens (including phenoxy) is 1. The van der Waals surface area contributed by atoms with Crippen LogP contribution in [0.3, 0.4) is 0 Å². The fourth-order valence-electron chi connectivity index (χ4n) is 2.22. The summed E-state index contributed by atoms with van der Waals surface area (Å²) in [5.41, 5.74) is 2.06. The van der Waals surface area contributed by atoms with Crippen molar-refractivity contribution in [3.63, 3.8) is 0 Å². The number of hydrogen-bond acceptors (Lipinski definition) is 4. The molecule has 0 radical (unpaired) electrons. The average Bonchev–Trinajstić information content (AvgIpc) is 3.19. The third kappa shape index (κ3) is 4.95. The molecule has 0 bridgehead atoms. The van der Waals surface area contributed by atoms with Crippen LogP contribution in [-0.2, 0) is 16.1 Å². The van der Waals surface area contributed by atoms with Gasteiger partial charge in [-0.1, -0.05) is 30.3 Å². The van der Waals surface area contributed by atoms with Crippen molar-refractivity contribution in [3.05, 3.63) is 96.0 Å². The van der Waals surface area contributed by atoms with Crippen molar-refractivity contribution in [1.29, 1.82) is 0 Å². The molecule has 0 fully saturated rings. The second-order valence-electron chi connectivity index (χ2n) is 5.47. The highest BCUT2D eigenvalue weighted by molar-refractivity contribution is 6.04. The molecule has 1 amide bonds. The lowest BCUT2D eigenvalue weighted by Crippen LogP contribution is -2.11. The van der Waals surface area contributed by atoms with E-state index in [4.69, 9.17) is 9.15 Å². The van der Waals surface area contributed by atoms with Gasteiger partial charge in [0.25, 0.3) is 5.91 Å². The monoisotopic (exact) mass is 347 g/mol. The molecule has 1 N–H and O–H groups in total. The van der Waals surface area contributed by atoms with E-state index in [9.17, 15) is 9.59 Å². The van der Waals surface area contributed by atoms with Crippen LogP contribution in [0.2, 0.25) is 0 Å². The van der Waals surface area contributed by atoms with Gasteiger partial charge in [-0.3, -0.25) is 4.79 Å². The number of anilines is 1. The van der Waals surface area contributed by atoms with Crippen LogP contribution in [0, 0.1) is 0 Å². The van der Waals surface area contributed by atoms with Crippen molar-refractivity contribution in [2.45, 2.75) is 6.61 Å². The van der Waals surface area contributed by atoms with Crippen molar-refractivity contribution >= 4 is 23.6 Å². The summed E-state index contributed by atoms with van der Waals surface area (Å²) in [6.07, 6.45) is 4.38. The van der Waals surface area contributed by atoms with Crippen LogP contribution < -0.4 is 5.32 Å². The minimum Gasteiger partial charge on any atom is -0.465 e. The maximum Gasteiger partial charge on any atom is 0.331 e. The zero-order valence-corrected chi connectivity index (χ0v) is 13.9. The predicted molar refractivity (Wildman–Crippen MR) is 98.4 cm³/mol. The average molecular weight is 347 g/mol. The van der Waals surface area contributed by atoms with Crippen LogP contribution in [0.5, 0.6) is 0 Å². The van der Waals surface area contributed by atoms with Gasteiger partial charge in [0.05, 0.1) is 6.26 Å². The second kappa shape index (κ2) is 8.48. The van der Waals surface area contributed by atoms with Crippen LogP contribution >= 0.6 is 0 Å². The van der Waals surface area contributed by atoms with Gasteiger partial charge in [-0.25, -0.2) is 4.79 Å². The Morgan fingerprint density at radius 3 is 2.42 bits per heavy atom. The van der Waals surface area contributed by atoms with Gasteiger partial charge >= 0.3 is 5.97 Å². The normalized spacial score (nSPS) is 10.6. The number of furan rings is 1. The molecule has 0 saturated carbocycles. The SMILES string of the molecule is O=C(/C=C/c1ccco1)OCc1ccc(C(=O)Nc2ccccc2)cc1. The van der Waals surface area contributed by atoms with Gasteiger partial charge < -0.3 is 14.5 Å². The van der Waals surface area contributed by atoms with Crippen LogP contribution in [0.4, 0.5) is 5.69 Å². The van der Waals surface area contributed by atoms with Crippen molar-refractivity contribution < 1.29 is 18.7 Å². The highest BCUT2D eigenvalue weighted by Crippen LogP contribution is 2.11. The Labute approximate surface area is 150 Å². The summed E-state index contributed by atoms with van der Waals surface area (Å²) in [7, 11) is 0. The highest BCUT2D eigenvalue weighted by Gasteiger charge is 2.06. The highest BCUT2D eigenvalue weighted by atomic mass is 16.5. The number of esters is 1. The summed E-state index contributed by atoms with van der Waals surface area (Å²) in [5, 5.41) is 2.82. The van der Waals surface area contributed by atoms with Crippen LogP contribution in [-0.4, -0.2) is 11.9 Å². The first-order valence-electron chi connectivity index (χ1n) is 8.04. The maximum absolute atomic E-state index is 12.2. The molecule has 26 heavy (non-hydrogen) atoms. The van der Waals surface area contributed by atoms with Crippen LogP contribution in [0.25, 0.3) is 6.08 Å². The Kier molecular flexibility index (Phi) is 5.62. The lowest BCUT2D eigenvalue weighted by Gasteiger charge is -2.06. The van der Waals surface area contributed by atoms with Gasteiger partial charge in [0.2, 0.25) is 0 Å². The lowest BCUT2D eigenvalue weighted by atomic mass is 10.1. The molecule has 3 rings (SSSR count). The van der Waals surface area contributed by atoms with E-state index >= 15 is 0 Å². The Morgan fingerprint density at radius 2 is 1.73 bits per heavy atom. The van der Waals surface area contributed by atoms with E-state index < -0.39 is 5.97 Å². The second-order valence-corrected chi connectivity index (χ2v) is 5.47. The Balaban J connectivity index is 1.51. The summed E-state index contributed by atoms with van der Waals surface area (Å²) in [6.45, 7) is 0.127. The lowest BCUT2D eigenvalue weighted by molar-refractivity contribution is -0.138. The van der Waals surface area contributed by atoms with E-state index in [0.717, 1.165) is 11.3 Å². The number of carbonyl (C=O) groups is 2. The molecule has 5 nitrogen and oxygen atoms in total. The topological polar surface area (TPSA) is 68.5 Å². The summed E-state index contributed by atoms with van der Waals surface area (Å²) >= 11 is 0. The summed E-state index contributed by atoms with van der Waals surface area (Å²) in [6, 6.07) is 19.6. The molecule has 1 aromatic heterocycles. The van der Waals surface area contributed by atoms with E-state index in [0.29, 0.717) is 11.3 Å². The number of amides is 1. The standard InChI is InChI=1S/C21H17NO4/c23-20(13-12-19-7-4-14-25-19)26-15-16-8-10-17(11-9-16)21(24)22-18-5-2-1-3-6-18/h1-14H,15H2,(H,22,24)/b13-12+. The molecule has 0 aliphatic carbocycles. The van der Waals surface area contributed by atoms with Gasteiger partial charge in [-0.05, 0) is 48.0 Å². The number of para-hydroxylation sites is 1. The van der Waals surface area contributed by atoms with E-state index in [1.54, 1.807) is 42.5 Å². The molecule has 1 heterocycles. The largest absolute Gasteiger partial charge is 0.465 e. The van der Waals surface area contributed by atoms with E-state index in [2.05, 4.69) is 5.32 Å². The van der Waals surface area contributed by atoms with E-state index in [-0.39, 0.29) is 12.5 Å². The number of nitrogens with one attached hydrogen (secondary N) is 1. The van der Waals surface area contributed by atoms with Crippen LogP contribution in [0.15, 0.2) is 83.5 Å². The first-order chi connectivity index (χ1) is 12.7. The zero-order chi connectivity index (χ0) is 18.2. The van der Waals surface area contributed by atoms with Gasteiger partial charge in [-0.2, -0.15) is 0 Å². The molecular formula is C21H17NO4. The third-order valence-electron chi connectivity index (χ3n) is 3.56. The minimum atomic E-state index is -0.465. The molecule has 0 atom stereocenters. The Morgan fingerprint density at radius 1 is 0.962 bits per heavy atom. The van der Waals surface area contributed by atoms with E-state index in [1.165, 1.54) is 12.3 Å². The fraction of sp³-hybridized carbons (Fsp3) is 0.0476. The van der Waals surface area contributed by atoms with Crippen molar-refractivity contribution in [2.75, 3.05) is 5.32 Å². The molecule has 0 aliphatic heterocycles. The van der Waals surface area contributed by atoms with Crippen molar-refractivity contribution in [3.8, 4) is 0 Å². The zero-order valence-electron chi connectivity index (χ0n) is 13.9. The summed E-state index contributed by atoms with van der Waals surface area (Å²) < 4.78 is 10.2. The molecule has 0 unspecified atom stereocenters. The number of rotatable bonds is 6. The molecule has 130 valence electrons. The number of hydrogen-bond donors (Lipinski definition) is 1. The van der Waals surface area contributed by atoms with Crippen molar-refractivity contribution in [2.24, 2.45) is 0 Å². The predicted octanol–water partition coefficient (Wildman–Crippen LogP) is 4.29. The van der Waals surface area contributed by atoms with Crippen LogP contribution in [0.1, 0.15) is 21.7 Å². The third-order valence-corrected chi connectivity index (χ3v) is 3.56. The molecular weight excluding hydrogens is 330 g/mol. The van der Waals surface area contributed by atoms with Gasteiger partial charge in [0.1, 0.15) is 12.4 Å². The molecule has 3 aromatic rings. The van der Waals surface area contributed by atoms with E-state index in [1.807, 2.05) is 30.3 Å². The minimum absolute atomic E-state index is 0.127. The molecule has 0 aliphatic rings. The Bertz CT molecular complexity index is 882. The molecule has 0 saturated heterocycles. The van der Waals surface area contributed by atoms with Gasteiger partial charge in [0, 0.05) is 17.3 Å². The smallest absolute Gasteiger partial charge is 0.331 e. The first kappa shape index (κ1) is 17.2. The van der Waals surface area contributed by atoms with Gasteiger partial charge in [0.15, 0.2) is 0 Å². The van der Waals surface area contributed by atoms with Gasteiger partial charge in [-0.15, -0.1) is 0 Å². The Hall–Kier alpha value is -3.60. The van der Waals surface area contributed by atoms with Crippen molar-refractivity contribution in [1.82, 2.24) is 0 Å². The molecule has 2 aromatic carbocycles. The number of carbonyl (C=O) groups excluding carboxylic acids is 2. The summed E-state index contributed by atoms with van der Waals surface area (Å²) in [4.78, 5) is 23.8. The molecule has 0 spiro atoms. The quantitative estimate of drug-likeness (QED) is 0.533. The first-order valence-corrected chi connectivity index (χ1v) is 8.04. The molecule has 5 heteroatoms. The maximum atomic E-state index is 12.2. The summed E-state index contributed by atoms with van der Waals surface area (Å²) in [5.74, 6) is -0.0795. The number of benzene rings is 2.